The molecule has 126 valence electrons. The van der Waals surface area contributed by atoms with E-state index in [1.807, 2.05) is 31.2 Å². The molecule has 2 saturated heterocycles. The molecule has 0 unspecified atom stereocenters. The first kappa shape index (κ1) is 16.3. The van der Waals surface area contributed by atoms with E-state index in [1.54, 1.807) is 11.8 Å². The first-order chi connectivity index (χ1) is 10.9. The Balaban J connectivity index is 1.67. The molecule has 0 radical (unpaired) electrons. The monoisotopic (exact) mass is 317 g/mol. The Bertz CT molecular complexity index is 562. The van der Waals surface area contributed by atoms with Crippen molar-refractivity contribution in [3.05, 3.63) is 29.8 Å². The summed E-state index contributed by atoms with van der Waals surface area (Å²) in [5, 5.41) is 10.3. The zero-order valence-electron chi connectivity index (χ0n) is 14.3. The second kappa shape index (κ2) is 6.13. The summed E-state index contributed by atoms with van der Waals surface area (Å²) in [6.45, 7) is 9.01. The van der Waals surface area contributed by atoms with Crippen molar-refractivity contribution in [1.29, 1.82) is 0 Å². The first-order valence-electron chi connectivity index (χ1n) is 8.42. The molecule has 5 heteroatoms. The van der Waals surface area contributed by atoms with E-state index in [0.717, 1.165) is 26.2 Å². The fourth-order valence-corrected chi connectivity index (χ4v) is 3.35. The summed E-state index contributed by atoms with van der Waals surface area (Å²) in [6.07, 6.45) is 0. The summed E-state index contributed by atoms with van der Waals surface area (Å²) in [5.41, 5.74) is 1.10. The molecule has 0 spiro atoms. The minimum atomic E-state index is -0.782. The number of hydrogen-bond acceptors (Lipinski definition) is 4. The van der Waals surface area contributed by atoms with E-state index in [1.165, 1.54) is 5.69 Å². The van der Waals surface area contributed by atoms with Crippen LogP contribution >= 0.6 is 0 Å². The van der Waals surface area contributed by atoms with Crippen molar-refractivity contribution in [2.45, 2.75) is 19.4 Å². The van der Waals surface area contributed by atoms with Gasteiger partial charge in [0.05, 0.1) is 5.60 Å². The summed E-state index contributed by atoms with van der Waals surface area (Å²) in [4.78, 5) is 19.1. The molecule has 2 heterocycles. The molecule has 3 rings (SSSR count). The number of piperazine rings is 1. The summed E-state index contributed by atoms with van der Waals surface area (Å²) < 4.78 is 0. The summed E-state index contributed by atoms with van der Waals surface area (Å²) >= 11 is 0. The third-order valence-corrected chi connectivity index (χ3v) is 5.34. The van der Waals surface area contributed by atoms with E-state index in [-0.39, 0.29) is 11.8 Å². The van der Waals surface area contributed by atoms with Crippen molar-refractivity contribution in [1.82, 2.24) is 9.80 Å². The number of likely N-dealkylation sites (N-methyl/N-ethyl adjacent to an activating group) is 1. The van der Waals surface area contributed by atoms with Gasteiger partial charge in [-0.05, 0) is 38.2 Å². The summed E-state index contributed by atoms with van der Waals surface area (Å²) in [5.74, 6) is 0.121. The largest absolute Gasteiger partial charge is 0.388 e. The van der Waals surface area contributed by atoms with Gasteiger partial charge in [-0.25, -0.2) is 0 Å². The van der Waals surface area contributed by atoms with Gasteiger partial charge in [0.25, 0.3) is 5.91 Å². The highest BCUT2D eigenvalue weighted by molar-refractivity contribution is 5.94. The molecule has 0 saturated carbocycles. The van der Waals surface area contributed by atoms with E-state index < -0.39 is 5.60 Å². The molecule has 0 bridgehead atoms. The number of hydrogen-bond donors (Lipinski definition) is 1. The van der Waals surface area contributed by atoms with Crippen molar-refractivity contribution >= 4 is 11.6 Å². The van der Waals surface area contributed by atoms with Crippen LogP contribution in [0.15, 0.2) is 24.3 Å². The van der Waals surface area contributed by atoms with Crippen LogP contribution in [0.4, 0.5) is 5.69 Å². The van der Waals surface area contributed by atoms with Crippen LogP contribution in [0.5, 0.6) is 0 Å². The van der Waals surface area contributed by atoms with Crippen LogP contribution in [-0.2, 0) is 0 Å². The third kappa shape index (κ3) is 3.35. The Kier molecular flexibility index (Phi) is 4.34. The highest BCUT2D eigenvalue weighted by Gasteiger charge is 2.40. The van der Waals surface area contributed by atoms with Crippen molar-refractivity contribution < 1.29 is 9.90 Å². The van der Waals surface area contributed by atoms with Gasteiger partial charge in [0.1, 0.15) is 0 Å². The Labute approximate surface area is 138 Å². The highest BCUT2D eigenvalue weighted by atomic mass is 16.3. The smallest absolute Gasteiger partial charge is 0.253 e. The van der Waals surface area contributed by atoms with Gasteiger partial charge in [-0.3, -0.25) is 4.79 Å². The lowest BCUT2D eigenvalue weighted by Crippen LogP contribution is -2.44. The summed E-state index contributed by atoms with van der Waals surface area (Å²) in [6, 6.07) is 7.90. The standard InChI is InChI=1S/C18H27N3O2/c1-14-12-21(13-18(14,2)23)17(22)15-4-6-16(7-5-15)20-10-8-19(3)9-11-20/h4-7,14,23H,8-13H2,1-3H3/t14-,18+/m0/s1. The number of amides is 1. The van der Waals surface area contributed by atoms with E-state index in [2.05, 4.69) is 16.8 Å². The number of anilines is 1. The van der Waals surface area contributed by atoms with Crippen LogP contribution in [0, 0.1) is 5.92 Å². The third-order valence-electron chi connectivity index (χ3n) is 5.34. The number of β-amino-alcohol motifs (C(OH)–C–C–N with tert-alkyl or cyclic N) is 1. The van der Waals surface area contributed by atoms with Crippen LogP contribution in [-0.4, -0.2) is 72.7 Å². The normalized spacial score (nSPS) is 29.1. The lowest BCUT2D eigenvalue weighted by atomic mass is 9.95. The van der Waals surface area contributed by atoms with Crippen LogP contribution in [0.25, 0.3) is 0 Å². The predicted octanol–water partition coefficient (Wildman–Crippen LogP) is 1.28. The molecule has 23 heavy (non-hydrogen) atoms. The van der Waals surface area contributed by atoms with E-state index in [0.29, 0.717) is 18.7 Å². The number of benzene rings is 1. The van der Waals surface area contributed by atoms with Crippen molar-refractivity contribution in [2.24, 2.45) is 5.92 Å². The van der Waals surface area contributed by atoms with Crippen molar-refractivity contribution in [3.8, 4) is 0 Å². The minimum Gasteiger partial charge on any atom is -0.388 e. The van der Waals surface area contributed by atoms with Gasteiger partial charge < -0.3 is 19.8 Å². The van der Waals surface area contributed by atoms with Crippen molar-refractivity contribution in [2.75, 3.05) is 51.2 Å². The average molecular weight is 317 g/mol. The number of carbonyl (C=O) groups excluding carboxylic acids is 1. The summed E-state index contributed by atoms with van der Waals surface area (Å²) in [7, 11) is 2.14. The second-order valence-corrected chi connectivity index (χ2v) is 7.28. The van der Waals surface area contributed by atoms with Gasteiger partial charge in [-0.2, -0.15) is 0 Å². The zero-order valence-corrected chi connectivity index (χ0v) is 14.3. The molecular formula is C18H27N3O2. The van der Waals surface area contributed by atoms with Crippen LogP contribution in [0.1, 0.15) is 24.2 Å². The van der Waals surface area contributed by atoms with Crippen LogP contribution in [0.3, 0.4) is 0 Å². The molecule has 0 aromatic heterocycles. The molecule has 1 aromatic carbocycles. The maximum absolute atomic E-state index is 12.6. The molecule has 2 aliphatic heterocycles. The van der Waals surface area contributed by atoms with Crippen molar-refractivity contribution in [3.63, 3.8) is 0 Å². The van der Waals surface area contributed by atoms with E-state index in [9.17, 15) is 9.90 Å². The average Bonchev–Trinajstić information content (AvgIpc) is 2.81. The number of carbonyl (C=O) groups is 1. The molecule has 1 aromatic rings. The van der Waals surface area contributed by atoms with Crippen LogP contribution < -0.4 is 4.90 Å². The lowest BCUT2D eigenvalue weighted by Gasteiger charge is -2.34. The quantitative estimate of drug-likeness (QED) is 0.893. The SMILES string of the molecule is C[C@H]1CN(C(=O)c2ccc(N3CCN(C)CC3)cc2)C[C@@]1(C)O. The number of aliphatic hydroxyl groups is 1. The maximum Gasteiger partial charge on any atom is 0.253 e. The Morgan fingerprint density at radius 3 is 2.30 bits per heavy atom. The number of nitrogens with zero attached hydrogens (tertiary/aromatic N) is 3. The second-order valence-electron chi connectivity index (χ2n) is 7.28. The minimum absolute atomic E-state index is 0.0135. The van der Waals surface area contributed by atoms with Gasteiger partial charge in [-0.1, -0.05) is 6.92 Å². The fourth-order valence-electron chi connectivity index (χ4n) is 3.35. The Morgan fingerprint density at radius 1 is 1.17 bits per heavy atom. The number of likely N-dealkylation sites (tertiary alicyclic amines) is 1. The topological polar surface area (TPSA) is 47.0 Å². The van der Waals surface area contributed by atoms with Gasteiger partial charge in [0.15, 0.2) is 0 Å². The van der Waals surface area contributed by atoms with E-state index >= 15 is 0 Å². The Hall–Kier alpha value is -1.59. The van der Waals surface area contributed by atoms with Gasteiger partial charge in [-0.15, -0.1) is 0 Å². The van der Waals surface area contributed by atoms with Gasteiger partial charge in [0, 0.05) is 56.4 Å². The Morgan fingerprint density at radius 2 is 1.78 bits per heavy atom. The van der Waals surface area contributed by atoms with Crippen LogP contribution in [0.2, 0.25) is 0 Å². The zero-order chi connectivity index (χ0) is 16.6. The van der Waals surface area contributed by atoms with Gasteiger partial charge in [0.2, 0.25) is 0 Å². The molecule has 1 amide bonds. The van der Waals surface area contributed by atoms with E-state index in [4.69, 9.17) is 0 Å². The number of rotatable bonds is 2. The molecule has 0 aliphatic carbocycles. The molecule has 2 atom stereocenters. The molecule has 2 aliphatic rings. The lowest BCUT2D eigenvalue weighted by molar-refractivity contribution is 0.0351. The predicted molar refractivity (Wildman–Crippen MR) is 91.8 cm³/mol. The molecular weight excluding hydrogens is 290 g/mol. The van der Waals surface area contributed by atoms with Gasteiger partial charge >= 0.3 is 0 Å². The molecule has 1 N–H and O–H groups in total. The molecule has 5 nitrogen and oxygen atoms in total. The fraction of sp³-hybridized carbons (Fsp3) is 0.611. The first-order valence-corrected chi connectivity index (χ1v) is 8.42. The molecule has 2 fully saturated rings. The highest BCUT2D eigenvalue weighted by Crippen LogP contribution is 2.28. The maximum atomic E-state index is 12.6.